The molecule has 0 bridgehead atoms. The fourth-order valence-electron chi connectivity index (χ4n) is 4.49. The molecule has 3 fully saturated rings. The van der Waals surface area contributed by atoms with Crippen LogP contribution in [0, 0.1) is 5.92 Å². The van der Waals surface area contributed by atoms with Gasteiger partial charge >= 0.3 is 0 Å². The van der Waals surface area contributed by atoms with Crippen LogP contribution in [0.1, 0.15) is 58.3 Å². The molecular formula is C15H28N2. The van der Waals surface area contributed by atoms with E-state index in [4.69, 9.17) is 0 Å². The smallest absolute Gasteiger partial charge is 0.0252 e. The molecule has 0 aromatic rings. The summed E-state index contributed by atoms with van der Waals surface area (Å²) in [6.45, 7) is 5.12. The van der Waals surface area contributed by atoms with Crippen LogP contribution < -0.4 is 5.32 Å². The van der Waals surface area contributed by atoms with Crippen LogP contribution in [0.3, 0.4) is 0 Å². The van der Waals surface area contributed by atoms with E-state index in [1.54, 1.807) is 0 Å². The average molecular weight is 236 g/mol. The molecule has 2 heteroatoms. The lowest BCUT2D eigenvalue weighted by atomic mass is 9.84. The van der Waals surface area contributed by atoms with Gasteiger partial charge in [0.1, 0.15) is 0 Å². The van der Waals surface area contributed by atoms with Crippen molar-refractivity contribution in [3.05, 3.63) is 0 Å². The predicted molar refractivity (Wildman–Crippen MR) is 72.2 cm³/mol. The molecule has 4 unspecified atom stereocenters. The van der Waals surface area contributed by atoms with Crippen LogP contribution in [0.4, 0.5) is 0 Å². The molecule has 1 N–H and O–H groups in total. The number of rotatable bonds is 2. The summed E-state index contributed by atoms with van der Waals surface area (Å²) in [5.74, 6) is 0.936. The van der Waals surface area contributed by atoms with E-state index < -0.39 is 0 Å². The number of hydrogen-bond acceptors (Lipinski definition) is 2. The minimum absolute atomic E-state index is 0.812. The molecule has 0 spiro atoms. The molecule has 2 heterocycles. The second-order valence-electron chi connectivity index (χ2n) is 6.48. The molecule has 3 aliphatic rings. The minimum Gasteiger partial charge on any atom is -0.312 e. The van der Waals surface area contributed by atoms with E-state index >= 15 is 0 Å². The van der Waals surface area contributed by atoms with Gasteiger partial charge in [0, 0.05) is 18.1 Å². The first kappa shape index (κ1) is 12.0. The van der Waals surface area contributed by atoms with Crippen molar-refractivity contribution in [1.82, 2.24) is 10.2 Å². The summed E-state index contributed by atoms with van der Waals surface area (Å²) >= 11 is 0. The van der Waals surface area contributed by atoms with Crippen LogP contribution >= 0.6 is 0 Å². The van der Waals surface area contributed by atoms with Gasteiger partial charge in [0.15, 0.2) is 0 Å². The second kappa shape index (κ2) is 5.27. The van der Waals surface area contributed by atoms with E-state index in [2.05, 4.69) is 17.1 Å². The zero-order valence-corrected chi connectivity index (χ0v) is 11.3. The summed E-state index contributed by atoms with van der Waals surface area (Å²) in [5.41, 5.74) is 0. The van der Waals surface area contributed by atoms with Crippen LogP contribution in [-0.2, 0) is 0 Å². The van der Waals surface area contributed by atoms with Crippen LogP contribution in [0.25, 0.3) is 0 Å². The van der Waals surface area contributed by atoms with E-state index in [1.165, 1.54) is 64.5 Å². The SMILES string of the molecule is CC1CCCCC1N1CCCC1C1CCCN1. The lowest BCUT2D eigenvalue weighted by Gasteiger charge is -2.41. The largest absolute Gasteiger partial charge is 0.312 e. The Labute approximate surface area is 106 Å². The average Bonchev–Trinajstić information content (AvgIpc) is 3.00. The molecule has 17 heavy (non-hydrogen) atoms. The van der Waals surface area contributed by atoms with Crippen molar-refractivity contribution in [2.24, 2.45) is 5.92 Å². The van der Waals surface area contributed by atoms with Crippen molar-refractivity contribution in [1.29, 1.82) is 0 Å². The molecular weight excluding hydrogens is 208 g/mol. The Bertz CT molecular complexity index is 247. The van der Waals surface area contributed by atoms with Crippen LogP contribution in [0.2, 0.25) is 0 Å². The Kier molecular flexibility index (Phi) is 3.72. The van der Waals surface area contributed by atoms with Crippen molar-refractivity contribution in [2.75, 3.05) is 13.1 Å². The molecule has 0 amide bonds. The summed E-state index contributed by atoms with van der Waals surface area (Å²) in [5, 5.41) is 3.74. The monoisotopic (exact) mass is 236 g/mol. The molecule has 0 aromatic heterocycles. The quantitative estimate of drug-likeness (QED) is 0.793. The highest BCUT2D eigenvalue weighted by molar-refractivity contribution is 4.96. The maximum Gasteiger partial charge on any atom is 0.0252 e. The summed E-state index contributed by atoms with van der Waals surface area (Å²) < 4.78 is 0. The summed E-state index contributed by atoms with van der Waals surface area (Å²) in [6, 6.07) is 2.58. The third-order valence-electron chi connectivity index (χ3n) is 5.40. The molecule has 2 aliphatic heterocycles. The summed E-state index contributed by atoms with van der Waals surface area (Å²) in [4.78, 5) is 2.90. The highest BCUT2D eigenvalue weighted by Gasteiger charge is 2.38. The first-order valence-electron chi connectivity index (χ1n) is 7.85. The third kappa shape index (κ3) is 2.39. The summed E-state index contributed by atoms with van der Waals surface area (Å²) in [6.07, 6.45) is 11.6. The molecule has 0 radical (unpaired) electrons. The zero-order chi connectivity index (χ0) is 11.7. The normalized spacial score (nSPS) is 44.3. The van der Waals surface area contributed by atoms with Crippen LogP contribution in [0.15, 0.2) is 0 Å². The van der Waals surface area contributed by atoms with Crippen molar-refractivity contribution >= 4 is 0 Å². The topological polar surface area (TPSA) is 15.3 Å². The lowest BCUT2D eigenvalue weighted by Crippen LogP contribution is -2.51. The fourth-order valence-corrected chi connectivity index (χ4v) is 4.49. The van der Waals surface area contributed by atoms with Gasteiger partial charge < -0.3 is 5.32 Å². The molecule has 2 nitrogen and oxygen atoms in total. The number of hydrogen-bond donors (Lipinski definition) is 1. The van der Waals surface area contributed by atoms with Crippen LogP contribution in [-0.4, -0.2) is 36.1 Å². The molecule has 4 atom stereocenters. The zero-order valence-electron chi connectivity index (χ0n) is 11.3. The third-order valence-corrected chi connectivity index (χ3v) is 5.40. The van der Waals surface area contributed by atoms with E-state index in [9.17, 15) is 0 Å². The standard InChI is InChI=1S/C15H28N2/c1-12-6-2-3-8-14(12)17-11-5-9-15(17)13-7-4-10-16-13/h12-16H,2-11H2,1H3. The number of nitrogens with zero attached hydrogens (tertiary/aromatic N) is 1. The molecule has 0 aromatic carbocycles. The molecule has 1 aliphatic carbocycles. The van der Waals surface area contributed by atoms with Gasteiger partial charge in [-0.05, 0) is 57.5 Å². The van der Waals surface area contributed by atoms with E-state index in [-0.39, 0.29) is 0 Å². The molecule has 3 rings (SSSR count). The second-order valence-corrected chi connectivity index (χ2v) is 6.48. The van der Waals surface area contributed by atoms with Crippen LogP contribution in [0.5, 0.6) is 0 Å². The van der Waals surface area contributed by atoms with Gasteiger partial charge in [-0.3, -0.25) is 4.90 Å². The molecule has 1 saturated carbocycles. The van der Waals surface area contributed by atoms with Crippen molar-refractivity contribution in [2.45, 2.75) is 76.4 Å². The van der Waals surface area contributed by atoms with Gasteiger partial charge in [-0.1, -0.05) is 19.8 Å². The molecule has 98 valence electrons. The maximum absolute atomic E-state index is 3.74. The van der Waals surface area contributed by atoms with E-state index in [0.29, 0.717) is 0 Å². The predicted octanol–water partition coefficient (Wildman–Crippen LogP) is 2.78. The van der Waals surface area contributed by atoms with Gasteiger partial charge in [0.05, 0.1) is 0 Å². The fraction of sp³-hybridized carbons (Fsp3) is 1.00. The highest BCUT2D eigenvalue weighted by Crippen LogP contribution is 2.35. The first-order valence-corrected chi connectivity index (χ1v) is 7.85. The Morgan fingerprint density at radius 2 is 1.71 bits per heavy atom. The highest BCUT2D eigenvalue weighted by atomic mass is 15.2. The Morgan fingerprint density at radius 1 is 0.882 bits per heavy atom. The summed E-state index contributed by atoms with van der Waals surface area (Å²) in [7, 11) is 0. The van der Waals surface area contributed by atoms with Crippen molar-refractivity contribution in [3.63, 3.8) is 0 Å². The van der Waals surface area contributed by atoms with Gasteiger partial charge in [-0.2, -0.15) is 0 Å². The van der Waals surface area contributed by atoms with Gasteiger partial charge in [0.2, 0.25) is 0 Å². The lowest BCUT2D eigenvalue weighted by molar-refractivity contribution is 0.0853. The number of nitrogens with one attached hydrogen (secondary N) is 1. The molecule has 2 saturated heterocycles. The van der Waals surface area contributed by atoms with E-state index in [1.807, 2.05) is 0 Å². The van der Waals surface area contributed by atoms with Gasteiger partial charge in [-0.25, -0.2) is 0 Å². The van der Waals surface area contributed by atoms with Gasteiger partial charge in [0.25, 0.3) is 0 Å². The first-order chi connectivity index (χ1) is 8.36. The number of likely N-dealkylation sites (tertiary alicyclic amines) is 1. The van der Waals surface area contributed by atoms with E-state index in [0.717, 1.165) is 24.0 Å². The Morgan fingerprint density at radius 3 is 2.47 bits per heavy atom. The van der Waals surface area contributed by atoms with Crippen molar-refractivity contribution < 1.29 is 0 Å². The minimum atomic E-state index is 0.812. The van der Waals surface area contributed by atoms with Gasteiger partial charge in [-0.15, -0.1) is 0 Å². The Balaban J connectivity index is 1.67. The van der Waals surface area contributed by atoms with Crippen molar-refractivity contribution in [3.8, 4) is 0 Å². The Hall–Kier alpha value is -0.0800. The maximum atomic E-state index is 3.74.